The molecule has 0 atom stereocenters. The molecule has 0 aliphatic rings. The third kappa shape index (κ3) is 1.96. The normalized spacial score (nSPS) is 11.4. The molecule has 22 heavy (non-hydrogen) atoms. The Hall–Kier alpha value is -2.72. The van der Waals surface area contributed by atoms with Gasteiger partial charge in [-0.2, -0.15) is 0 Å². The van der Waals surface area contributed by atoms with Gasteiger partial charge in [0.15, 0.2) is 0 Å². The number of H-pyrrole nitrogens is 1. The molecule has 0 aliphatic heterocycles. The molecule has 0 amide bonds. The van der Waals surface area contributed by atoms with Crippen molar-refractivity contribution in [2.75, 3.05) is 0 Å². The lowest BCUT2D eigenvalue weighted by atomic mass is 9.98. The minimum atomic E-state index is -0.0819. The van der Waals surface area contributed by atoms with Crippen molar-refractivity contribution in [3.63, 3.8) is 0 Å². The second kappa shape index (κ2) is 4.93. The summed E-state index contributed by atoms with van der Waals surface area (Å²) in [4.78, 5) is 12.0. The molecule has 2 aromatic carbocycles. The smallest absolute Gasteiger partial charge is 0.133 e. The summed E-state index contributed by atoms with van der Waals surface area (Å²) >= 11 is 0. The Kier molecular flexibility index (Phi) is 2.91. The number of aromatic amines is 1. The first-order valence-corrected chi connectivity index (χ1v) is 7.20. The van der Waals surface area contributed by atoms with Crippen LogP contribution in [0.4, 0.5) is 0 Å². The summed E-state index contributed by atoms with van der Waals surface area (Å²) in [7, 11) is 0. The predicted molar refractivity (Wildman–Crippen MR) is 87.5 cm³/mol. The van der Waals surface area contributed by atoms with Gasteiger partial charge in [0, 0.05) is 11.6 Å². The van der Waals surface area contributed by atoms with E-state index in [-0.39, 0.29) is 6.61 Å². The molecular formula is C18H15N3O. The minimum absolute atomic E-state index is 0.0819. The predicted octanol–water partition coefficient (Wildman–Crippen LogP) is 3.58. The van der Waals surface area contributed by atoms with E-state index in [0.29, 0.717) is 5.82 Å². The maximum absolute atomic E-state index is 9.19. The molecule has 2 aromatic heterocycles. The van der Waals surface area contributed by atoms with E-state index >= 15 is 0 Å². The number of aliphatic hydroxyl groups excluding tert-OH is 1. The summed E-state index contributed by atoms with van der Waals surface area (Å²) in [5.41, 5.74) is 6.25. The molecule has 0 spiro atoms. The van der Waals surface area contributed by atoms with Crippen molar-refractivity contribution < 1.29 is 5.11 Å². The third-order valence-electron chi connectivity index (χ3n) is 3.96. The zero-order valence-corrected chi connectivity index (χ0v) is 12.2. The highest BCUT2D eigenvalue weighted by Gasteiger charge is 2.09. The SMILES string of the molecule is Cc1ccc(-c2ccc3nc(CO)[nH]c3c2)c2cccnc12. The number of hydrogen-bond acceptors (Lipinski definition) is 3. The molecule has 2 heterocycles. The first-order valence-electron chi connectivity index (χ1n) is 7.20. The maximum atomic E-state index is 9.19. The average molecular weight is 289 g/mol. The van der Waals surface area contributed by atoms with Crippen molar-refractivity contribution in [2.24, 2.45) is 0 Å². The summed E-state index contributed by atoms with van der Waals surface area (Å²) in [5.74, 6) is 0.586. The van der Waals surface area contributed by atoms with Crippen LogP contribution in [-0.2, 0) is 6.61 Å². The Morgan fingerprint density at radius 1 is 1.14 bits per heavy atom. The molecular weight excluding hydrogens is 274 g/mol. The standard InChI is InChI=1S/C18H15N3O/c1-11-4-6-13(14-3-2-8-19-18(11)14)12-5-7-15-16(9-12)21-17(10-22)20-15/h2-9,22H,10H2,1H3,(H,20,21). The maximum Gasteiger partial charge on any atom is 0.133 e. The van der Waals surface area contributed by atoms with Crippen molar-refractivity contribution in [1.29, 1.82) is 0 Å². The van der Waals surface area contributed by atoms with Gasteiger partial charge in [0.25, 0.3) is 0 Å². The monoisotopic (exact) mass is 289 g/mol. The van der Waals surface area contributed by atoms with Gasteiger partial charge in [-0.15, -0.1) is 0 Å². The lowest BCUT2D eigenvalue weighted by Gasteiger charge is -2.08. The van der Waals surface area contributed by atoms with E-state index in [0.717, 1.165) is 33.1 Å². The topological polar surface area (TPSA) is 61.8 Å². The van der Waals surface area contributed by atoms with Gasteiger partial charge in [-0.1, -0.05) is 24.3 Å². The van der Waals surface area contributed by atoms with Crippen molar-refractivity contribution in [1.82, 2.24) is 15.0 Å². The number of nitrogens with zero attached hydrogens (tertiary/aromatic N) is 2. The van der Waals surface area contributed by atoms with Crippen LogP contribution in [-0.4, -0.2) is 20.1 Å². The van der Waals surface area contributed by atoms with Crippen molar-refractivity contribution in [3.8, 4) is 11.1 Å². The molecule has 108 valence electrons. The number of imidazole rings is 1. The van der Waals surface area contributed by atoms with Gasteiger partial charge in [0.05, 0.1) is 16.6 Å². The van der Waals surface area contributed by atoms with Crippen LogP contribution in [0.15, 0.2) is 48.7 Å². The van der Waals surface area contributed by atoms with Crippen molar-refractivity contribution in [2.45, 2.75) is 13.5 Å². The molecule has 4 aromatic rings. The average Bonchev–Trinajstić information content (AvgIpc) is 2.98. The number of aryl methyl sites for hydroxylation is 1. The fourth-order valence-corrected chi connectivity index (χ4v) is 2.87. The second-order valence-corrected chi connectivity index (χ2v) is 5.40. The highest BCUT2D eigenvalue weighted by atomic mass is 16.3. The van der Waals surface area contributed by atoms with Gasteiger partial charge in [-0.05, 0) is 41.8 Å². The molecule has 2 N–H and O–H groups in total. The summed E-state index contributed by atoms with van der Waals surface area (Å²) in [6.45, 7) is 1.99. The number of fused-ring (bicyclic) bond motifs is 2. The van der Waals surface area contributed by atoms with Crippen LogP contribution in [0, 0.1) is 6.92 Å². The minimum Gasteiger partial charge on any atom is -0.388 e. The fourth-order valence-electron chi connectivity index (χ4n) is 2.87. The molecule has 0 saturated carbocycles. The van der Waals surface area contributed by atoms with Gasteiger partial charge in [0.1, 0.15) is 12.4 Å². The number of aromatic nitrogens is 3. The third-order valence-corrected chi connectivity index (χ3v) is 3.96. The van der Waals surface area contributed by atoms with E-state index in [9.17, 15) is 5.11 Å². The summed E-state index contributed by atoms with van der Waals surface area (Å²) in [6.07, 6.45) is 1.82. The number of aliphatic hydroxyl groups is 1. The number of hydrogen-bond donors (Lipinski definition) is 2. The number of pyridine rings is 1. The lowest BCUT2D eigenvalue weighted by Crippen LogP contribution is -1.87. The molecule has 0 aliphatic carbocycles. The van der Waals surface area contributed by atoms with Crippen LogP contribution >= 0.6 is 0 Å². The molecule has 0 bridgehead atoms. The van der Waals surface area contributed by atoms with Crippen molar-refractivity contribution >= 4 is 21.9 Å². The molecule has 4 heteroatoms. The van der Waals surface area contributed by atoms with E-state index < -0.39 is 0 Å². The molecule has 0 radical (unpaired) electrons. The summed E-state index contributed by atoms with van der Waals surface area (Å²) in [5, 5.41) is 10.3. The Bertz CT molecular complexity index is 988. The lowest BCUT2D eigenvalue weighted by molar-refractivity contribution is 0.273. The Morgan fingerprint density at radius 2 is 2.05 bits per heavy atom. The Balaban J connectivity index is 1.96. The number of nitrogens with one attached hydrogen (secondary N) is 1. The second-order valence-electron chi connectivity index (χ2n) is 5.40. The Morgan fingerprint density at radius 3 is 2.91 bits per heavy atom. The van der Waals surface area contributed by atoms with Gasteiger partial charge in [0.2, 0.25) is 0 Å². The molecule has 4 rings (SSSR count). The van der Waals surface area contributed by atoms with Crippen LogP contribution in [0.1, 0.15) is 11.4 Å². The van der Waals surface area contributed by atoms with E-state index in [1.807, 2.05) is 18.3 Å². The van der Waals surface area contributed by atoms with E-state index in [1.165, 1.54) is 5.56 Å². The van der Waals surface area contributed by atoms with E-state index in [2.05, 4.69) is 52.2 Å². The Labute approximate surface area is 127 Å². The van der Waals surface area contributed by atoms with Gasteiger partial charge in [-0.25, -0.2) is 4.98 Å². The summed E-state index contributed by atoms with van der Waals surface area (Å²) < 4.78 is 0. The zero-order chi connectivity index (χ0) is 15.1. The molecule has 0 unspecified atom stereocenters. The highest BCUT2D eigenvalue weighted by molar-refractivity contribution is 5.97. The van der Waals surface area contributed by atoms with Crippen LogP contribution in [0.5, 0.6) is 0 Å². The van der Waals surface area contributed by atoms with Crippen molar-refractivity contribution in [3.05, 3.63) is 60.0 Å². The van der Waals surface area contributed by atoms with E-state index in [1.54, 1.807) is 0 Å². The van der Waals surface area contributed by atoms with Gasteiger partial charge >= 0.3 is 0 Å². The first-order chi connectivity index (χ1) is 10.8. The number of rotatable bonds is 2. The molecule has 0 fully saturated rings. The quantitative estimate of drug-likeness (QED) is 0.593. The largest absolute Gasteiger partial charge is 0.388 e. The van der Waals surface area contributed by atoms with Gasteiger partial charge < -0.3 is 10.1 Å². The number of benzene rings is 2. The molecule has 4 nitrogen and oxygen atoms in total. The van der Waals surface area contributed by atoms with Crippen LogP contribution in [0.25, 0.3) is 33.1 Å². The zero-order valence-electron chi connectivity index (χ0n) is 12.2. The fraction of sp³-hybridized carbons (Fsp3) is 0.111. The highest BCUT2D eigenvalue weighted by Crippen LogP contribution is 2.31. The van der Waals surface area contributed by atoms with Gasteiger partial charge in [-0.3, -0.25) is 4.98 Å². The summed E-state index contributed by atoms with van der Waals surface area (Å²) in [6, 6.07) is 14.4. The van der Waals surface area contributed by atoms with E-state index in [4.69, 9.17) is 0 Å². The van der Waals surface area contributed by atoms with Crippen LogP contribution in [0.2, 0.25) is 0 Å². The molecule has 0 saturated heterocycles. The van der Waals surface area contributed by atoms with Crippen LogP contribution < -0.4 is 0 Å². The first kappa shape index (κ1) is 13.0. The van der Waals surface area contributed by atoms with Crippen LogP contribution in [0.3, 0.4) is 0 Å².